The zero-order valence-corrected chi connectivity index (χ0v) is 9.41. The summed E-state index contributed by atoms with van der Waals surface area (Å²) in [5.41, 5.74) is 0. The minimum Gasteiger partial charge on any atom is -0.480 e. The number of carboxylic acids is 1. The lowest BCUT2D eigenvalue weighted by Gasteiger charge is -2.25. The molecule has 1 aliphatic carbocycles. The first-order valence-corrected chi connectivity index (χ1v) is 5.93. The summed E-state index contributed by atoms with van der Waals surface area (Å²) in [7, 11) is 0. The molecule has 0 aromatic carbocycles. The third-order valence-corrected chi connectivity index (χ3v) is 3.59. The lowest BCUT2D eigenvalue weighted by molar-refractivity contribution is -0.139. The topological polar surface area (TPSA) is 53.4 Å². The molecule has 4 nitrogen and oxygen atoms in total. The van der Waals surface area contributed by atoms with Crippen molar-refractivity contribution >= 4 is 17.3 Å². The van der Waals surface area contributed by atoms with Crippen LogP contribution in [0, 0.1) is 0 Å². The number of nitrogens with zero attached hydrogens (tertiary/aromatic N) is 2. The van der Waals surface area contributed by atoms with E-state index in [2.05, 4.69) is 4.98 Å². The van der Waals surface area contributed by atoms with Gasteiger partial charge in [0.2, 0.25) is 0 Å². The summed E-state index contributed by atoms with van der Waals surface area (Å²) in [4.78, 5) is 17.0. The molecule has 1 heterocycles. The average Bonchev–Trinajstić information content (AvgIpc) is 2.88. The Bertz CT molecular complexity index is 335. The van der Waals surface area contributed by atoms with Crippen molar-refractivity contribution in [3.8, 4) is 0 Å². The molecule has 1 aromatic heterocycles. The molecule has 0 spiro atoms. The zero-order chi connectivity index (χ0) is 10.8. The monoisotopic (exact) mass is 226 g/mol. The number of hydrogen-bond donors (Lipinski definition) is 1. The maximum atomic E-state index is 10.8. The van der Waals surface area contributed by atoms with E-state index in [-0.39, 0.29) is 12.6 Å². The van der Waals surface area contributed by atoms with Gasteiger partial charge in [-0.1, -0.05) is 0 Å². The fraction of sp³-hybridized carbons (Fsp3) is 0.600. The van der Waals surface area contributed by atoms with Gasteiger partial charge in [0.05, 0.1) is 12.6 Å². The summed E-state index contributed by atoms with van der Waals surface area (Å²) in [6.45, 7) is 2.14. The highest BCUT2D eigenvalue weighted by Gasteiger charge is 2.34. The van der Waals surface area contributed by atoms with Gasteiger partial charge in [0.25, 0.3) is 0 Å². The molecule has 1 saturated carbocycles. The van der Waals surface area contributed by atoms with Crippen LogP contribution in [0.3, 0.4) is 0 Å². The van der Waals surface area contributed by atoms with Crippen LogP contribution in [0.2, 0.25) is 0 Å². The van der Waals surface area contributed by atoms with E-state index in [9.17, 15) is 4.79 Å². The summed E-state index contributed by atoms with van der Waals surface area (Å²) >= 11 is 1.59. The second-order valence-corrected chi connectivity index (χ2v) is 4.77. The first-order chi connectivity index (χ1) is 7.18. The zero-order valence-electron chi connectivity index (χ0n) is 8.59. The summed E-state index contributed by atoms with van der Waals surface area (Å²) < 4.78 is 0. The van der Waals surface area contributed by atoms with Gasteiger partial charge in [-0.2, -0.15) is 0 Å². The van der Waals surface area contributed by atoms with Gasteiger partial charge in [-0.05, 0) is 19.8 Å². The van der Waals surface area contributed by atoms with Crippen molar-refractivity contribution < 1.29 is 9.90 Å². The van der Waals surface area contributed by atoms with E-state index in [0.29, 0.717) is 6.04 Å². The molecule has 1 atom stereocenters. The van der Waals surface area contributed by atoms with Gasteiger partial charge in [-0.25, -0.2) is 4.98 Å². The van der Waals surface area contributed by atoms with Gasteiger partial charge in [0.15, 0.2) is 0 Å². The molecule has 0 saturated heterocycles. The number of carboxylic acid groups (broad SMARTS) is 1. The molecule has 1 aromatic rings. The van der Waals surface area contributed by atoms with Crippen molar-refractivity contribution in [3.05, 3.63) is 16.6 Å². The smallest absolute Gasteiger partial charge is 0.317 e. The Balaban J connectivity index is 2.07. The number of aliphatic carboxylic acids is 1. The molecular weight excluding hydrogens is 212 g/mol. The highest BCUT2D eigenvalue weighted by atomic mass is 32.1. The fourth-order valence-corrected chi connectivity index (χ4v) is 2.44. The third-order valence-electron chi connectivity index (χ3n) is 2.64. The second kappa shape index (κ2) is 4.28. The van der Waals surface area contributed by atoms with Crippen LogP contribution in [0.4, 0.5) is 0 Å². The quantitative estimate of drug-likeness (QED) is 0.831. The summed E-state index contributed by atoms with van der Waals surface area (Å²) in [5, 5.41) is 11.8. The molecule has 0 radical (unpaired) electrons. The van der Waals surface area contributed by atoms with Crippen molar-refractivity contribution in [3.63, 3.8) is 0 Å². The second-order valence-electron chi connectivity index (χ2n) is 3.84. The van der Waals surface area contributed by atoms with Gasteiger partial charge in [-0.15, -0.1) is 11.3 Å². The minimum absolute atomic E-state index is 0.116. The van der Waals surface area contributed by atoms with E-state index in [1.165, 1.54) is 0 Å². The van der Waals surface area contributed by atoms with Crippen LogP contribution in [0.1, 0.15) is 30.8 Å². The first-order valence-electron chi connectivity index (χ1n) is 5.05. The predicted octanol–water partition coefficient (Wildman–Crippen LogP) is 1.75. The average molecular weight is 226 g/mol. The number of hydrogen-bond acceptors (Lipinski definition) is 4. The van der Waals surface area contributed by atoms with Crippen molar-refractivity contribution in [2.75, 3.05) is 6.54 Å². The van der Waals surface area contributed by atoms with Crippen LogP contribution < -0.4 is 0 Å². The lowest BCUT2D eigenvalue weighted by Crippen LogP contribution is -2.34. The largest absolute Gasteiger partial charge is 0.480 e. The van der Waals surface area contributed by atoms with Crippen LogP contribution in [0.15, 0.2) is 11.6 Å². The number of carbonyl (C=O) groups is 1. The molecule has 1 fully saturated rings. The van der Waals surface area contributed by atoms with Gasteiger partial charge >= 0.3 is 5.97 Å². The third kappa shape index (κ3) is 2.54. The van der Waals surface area contributed by atoms with E-state index in [1.807, 2.05) is 17.2 Å². The molecular formula is C10H14N2O2S. The highest BCUT2D eigenvalue weighted by Crippen LogP contribution is 2.34. The minimum atomic E-state index is -0.759. The van der Waals surface area contributed by atoms with Crippen molar-refractivity contribution in [1.82, 2.24) is 9.88 Å². The van der Waals surface area contributed by atoms with Crippen molar-refractivity contribution in [2.45, 2.75) is 31.8 Å². The number of aromatic nitrogens is 1. The number of rotatable bonds is 5. The van der Waals surface area contributed by atoms with Gasteiger partial charge in [0, 0.05) is 17.6 Å². The fourth-order valence-electron chi connectivity index (χ4n) is 1.73. The maximum absolute atomic E-state index is 10.8. The van der Waals surface area contributed by atoms with Crippen LogP contribution >= 0.6 is 11.3 Å². The van der Waals surface area contributed by atoms with E-state index >= 15 is 0 Å². The van der Waals surface area contributed by atoms with Gasteiger partial charge < -0.3 is 5.11 Å². The number of thiazole rings is 1. The Morgan fingerprint density at radius 1 is 1.80 bits per heavy atom. The first kappa shape index (κ1) is 10.6. The molecule has 82 valence electrons. The molecule has 0 unspecified atom stereocenters. The standard InChI is InChI=1S/C10H14N2O2S/c1-7(10-11-4-5-15-10)12(6-9(13)14)8-2-3-8/h4-5,7-8H,2-3,6H2,1H3,(H,13,14)/t7-/m1/s1. The summed E-state index contributed by atoms with van der Waals surface area (Å²) in [6, 6.07) is 0.564. The van der Waals surface area contributed by atoms with E-state index < -0.39 is 5.97 Å². The lowest BCUT2D eigenvalue weighted by atomic mass is 10.3. The molecule has 0 amide bonds. The molecule has 5 heteroatoms. The molecule has 1 N–H and O–H groups in total. The molecule has 0 bridgehead atoms. The van der Waals surface area contributed by atoms with Crippen molar-refractivity contribution in [1.29, 1.82) is 0 Å². The molecule has 1 aliphatic rings. The Hall–Kier alpha value is -0.940. The normalized spacial score (nSPS) is 18.0. The van der Waals surface area contributed by atoms with Gasteiger partial charge in [-0.3, -0.25) is 9.69 Å². The summed E-state index contributed by atoms with van der Waals surface area (Å²) in [6.07, 6.45) is 3.99. The Morgan fingerprint density at radius 2 is 2.53 bits per heavy atom. The maximum Gasteiger partial charge on any atom is 0.317 e. The molecule has 0 aliphatic heterocycles. The van der Waals surface area contributed by atoms with Crippen LogP contribution in [0.5, 0.6) is 0 Å². The van der Waals surface area contributed by atoms with E-state index in [4.69, 9.17) is 5.11 Å². The van der Waals surface area contributed by atoms with Crippen LogP contribution in [0.25, 0.3) is 0 Å². The van der Waals surface area contributed by atoms with Crippen LogP contribution in [-0.4, -0.2) is 33.5 Å². The Kier molecular flexibility index (Phi) is 3.02. The Morgan fingerprint density at radius 3 is 3.00 bits per heavy atom. The van der Waals surface area contributed by atoms with E-state index in [1.54, 1.807) is 17.5 Å². The van der Waals surface area contributed by atoms with Crippen LogP contribution in [-0.2, 0) is 4.79 Å². The molecule has 15 heavy (non-hydrogen) atoms. The Labute approximate surface area is 92.6 Å². The van der Waals surface area contributed by atoms with E-state index in [0.717, 1.165) is 17.8 Å². The molecule has 2 rings (SSSR count). The van der Waals surface area contributed by atoms with Crippen molar-refractivity contribution in [2.24, 2.45) is 0 Å². The predicted molar refractivity (Wildman–Crippen MR) is 57.9 cm³/mol. The SMILES string of the molecule is C[C@H](c1nccs1)N(CC(=O)O)C1CC1. The summed E-state index contributed by atoms with van der Waals surface area (Å²) in [5.74, 6) is -0.759. The van der Waals surface area contributed by atoms with Gasteiger partial charge in [0.1, 0.15) is 5.01 Å². The highest BCUT2D eigenvalue weighted by molar-refractivity contribution is 7.09.